The first-order valence-corrected chi connectivity index (χ1v) is 11.1. The average Bonchev–Trinajstić information content (AvgIpc) is 2.74. The molecule has 2 aliphatic heterocycles. The zero-order valence-corrected chi connectivity index (χ0v) is 20.7. The third-order valence-electron chi connectivity index (χ3n) is 6.06. The van der Waals surface area contributed by atoms with E-state index in [0.717, 1.165) is 32.5 Å². The van der Waals surface area contributed by atoms with Gasteiger partial charge in [0.05, 0.1) is 12.6 Å². The first-order chi connectivity index (χ1) is 14.5. The lowest BCUT2D eigenvalue weighted by molar-refractivity contribution is -0.158. The molecule has 1 aromatic carbocycles. The molecule has 0 aromatic heterocycles. The number of carbonyl (C=O) groups is 2. The summed E-state index contributed by atoms with van der Waals surface area (Å²) in [6.45, 7) is 7.53. The number of nitrogens with two attached hydrogens (primary N) is 1. The number of hydrogen-bond donors (Lipinski definition) is 1. The summed E-state index contributed by atoms with van der Waals surface area (Å²) >= 11 is 0. The van der Waals surface area contributed by atoms with Crippen LogP contribution in [0.1, 0.15) is 45.1 Å². The molecule has 2 heterocycles. The van der Waals surface area contributed by atoms with E-state index in [1.54, 1.807) is 11.8 Å². The lowest BCUT2D eigenvalue weighted by Crippen LogP contribution is -2.55. The number of likely N-dealkylation sites (tertiary alicyclic amines) is 1. The minimum atomic E-state index is -0.627. The summed E-state index contributed by atoms with van der Waals surface area (Å²) in [5, 5.41) is 0. The molecule has 1 saturated heterocycles. The van der Waals surface area contributed by atoms with E-state index < -0.39 is 12.1 Å². The van der Waals surface area contributed by atoms with Crippen molar-refractivity contribution in [2.45, 2.75) is 58.2 Å². The summed E-state index contributed by atoms with van der Waals surface area (Å²) in [6, 6.07) is 9.29. The lowest BCUT2D eigenvalue weighted by atomic mass is 9.91. The molecular weight excluding hydrogens is 449 g/mol. The van der Waals surface area contributed by atoms with Crippen molar-refractivity contribution < 1.29 is 14.3 Å². The van der Waals surface area contributed by atoms with E-state index in [4.69, 9.17) is 10.5 Å². The third-order valence-corrected chi connectivity index (χ3v) is 6.06. The highest BCUT2D eigenvalue weighted by Gasteiger charge is 2.37. The summed E-state index contributed by atoms with van der Waals surface area (Å²) in [4.78, 5) is 29.6. The van der Waals surface area contributed by atoms with Gasteiger partial charge in [0, 0.05) is 26.2 Å². The Balaban J connectivity index is 0.00000256. The summed E-state index contributed by atoms with van der Waals surface area (Å²) < 4.78 is 5.22. The van der Waals surface area contributed by atoms with Gasteiger partial charge in [-0.15, -0.1) is 24.8 Å². The molecule has 1 unspecified atom stereocenters. The molecule has 180 valence electrons. The normalized spacial score (nSPS) is 22.1. The second-order valence-electron chi connectivity index (χ2n) is 8.59. The van der Waals surface area contributed by atoms with Crippen LogP contribution in [-0.4, -0.2) is 60.0 Å². The minimum absolute atomic E-state index is 0. The van der Waals surface area contributed by atoms with E-state index in [2.05, 4.69) is 42.2 Å². The van der Waals surface area contributed by atoms with E-state index in [0.29, 0.717) is 31.9 Å². The molecule has 0 radical (unpaired) electrons. The number of piperidine rings is 1. The summed E-state index contributed by atoms with van der Waals surface area (Å²) in [6.07, 6.45) is 5.25. The number of nitrogens with zero attached hydrogens (tertiary/aromatic N) is 2. The van der Waals surface area contributed by atoms with Crippen molar-refractivity contribution in [2.24, 2.45) is 11.7 Å². The van der Waals surface area contributed by atoms with Gasteiger partial charge in [-0.2, -0.15) is 0 Å². The maximum absolute atomic E-state index is 13.1. The number of rotatable bonds is 7. The number of halogens is 2. The first-order valence-electron chi connectivity index (χ1n) is 11.1. The molecule has 3 atom stereocenters. The Hall–Kier alpha value is -1.60. The standard InChI is InChI=1S/C24H35N3O3.2ClH/c1-3-30-24(29)22-14-18(2)11-13-27(22)23(28)21(25)15-20-10-7-12-26(17-20)16-19-8-5-4-6-9-19;;/h4-6,8-10,18,21-22H,3,7,11-17,25H2,1-2H3;2*1H/t18-,21?,22-;;/m1../s1. The Bertz CT molecular complexity index is 760. The molecule has 1 amide bonds. The fourth-order valence-corrected chi connectivity index (χ4v) is 4.46. The van der Waals surface area contributed by atoms with Crippen LogP contribution < -0.4 is 5.73 Å². The van der Waals surface area contributed by atoms with E-state index >= 15 is 0 Å². The van der Waals surface area contributed by atoms with Crippen molar-refractivity contribution in [2.75, 3.05) is 26.2 Å². The Labute approximate surface area is 204 Å². The van der Waals surface area contributed by atoms with Crippen LogP contribution in [0.3, 0.4) is 0 Å². The summed E-state index contributed by atoms with van der Waals surface area (Å²) in [5.41, 5.74) is 8.84. The van der Waals surface area contributed by atoms with Gasteiger partial charge in [0.25, 0.3) is 0 Å². The molecule has 0 aliphatic carbocycles. The zero-order chi connectivity index (χ0) is 21.5. The van der Waals surface area contributed by atoms with Crippen molar-refractivity contribution >= 4 is 36.7 Å². The van der Waals surface area contributed by atoms with Crippen LogP contribution in [0.15, 0.2) is 42.0 Å². The molecule has 0 saturated carbocycles. The summed E-state index contributed by atoms with van der Waals surface area (Å²) in [5.74, 6) is -0.0520. The largest absolute Gasteiger partial charge is 0.464 e. The van der Waals surface area contributed by atoms with Crippen LogP contribution >= 0.6 is 24.8 Å². The minimum Gasteiger partial charge on any atom is -0.464 e. The molecule has 3 rings (SSSR count). The molecule has 0 bridgehead atoms. The van der Waals surface area contributed by atoms with Crippen LogP contribution in [0.25, 0.3) is 0 Å². The Kier molecular flexibility index (Phi) is 12.3. The highest BCUT2D eigenvalue weighted by molar-refractivity contribution is 5.88. The van der Waals surface area contributed by atoms with Gasteiger partial charge in [-0.1, -0.05) is 48.9 Å². The SMILES string of the molecule is CCOC(=O)[C@H]1C[C@H](C)CCN1C(=O)C(N)CC1=CCCN(Cc2ccccc2)C1.Cl.Cl. The maximum atomic E-state index is 13.1. The van der Waals surface area contributed by atoms with Gasteiger partial charge in [0.15, 0.2) is 0 Å². The van der Waals surface area contributed by atoms with Gasteiger partial charge in [0.1, 0.15) is 6.04 Å². The van der Waals surface area contributed by atoms with Crippen molar-refractivity contribution in [3.63, 3.8) is 0 Å². The van der Waals surface area contributed by atoms with E-state index in [1.807, 2.05) is 6.07 Å². The van der Waals surface area contributed by atoms with Crippen LogP contribution in [0.4, 0.5) is 0 Å². The van der Waals surface area contributed by atoms with Gasteiger partial charge < -0.3 is 15.4 Å². The van der Waals surface area contributed by atoms with E-state index in [9.17, 15) is 9.59 Å². The monoisotopic (exact) mass is 485 g/mol. The highest BCUT2D eigenvalue weighted by atomic mass is 35.5. The second-order valence-corrected chi connectivity index (χ2v) is 8.59. The molecule has 1 fully saturated rings. The van der Waals surface area contributed by atoms with Gasteiger partial charge >= 0.3 is 5.97 Å². The fourth-order valence-electron chi connectivity index (χ4n) is 4.46. The van der Waals surface area contributed by atoms with Crippen molar-refractivity contribution in [3.05, 3.63) is 47.5 Å². The zero-order valence-electron chi connectivity index (χ0n) is 19.1. The molecule has 32 heavy (non-hydrogen) atoms. The maximum Gasteiger partial charge on any atom is 0.328 e. The van der Waals surface area contributed by atoms with E-state index in [1.165, 1.54) is 11.1 Å². The number of ether oxygens (including phenoxy) is 1. The van der Waals surface area contributed by atoms with Crippen LogP contribution in [0.5, 0.6) is 0 Å². The van der Waals surface area contributed by atoms with Crippen molar-refractivity contribution in [1.82, 2.24) is 9.80 Å². The predicted octanol–water partition coefficient (Wildman–Crippen LogP) is 3.57. The van der Waals surface area contributed by atoms with Crippen molar-refractivity contribution in [3.8, 4) is 0 Å². The lowest BCUT2D eigenvalue weighted by Gasteiger charge is -2.38. The highest BCUT2D eigenvalue weighted by Crippen LogP contribution is 2.25. The number of carbonyl (C=O) groups excluding carboxylic acids is 2. The smallest absolute Gasteiger partial charge is 0.328 e. The first kappa shape index (κ1) is 28.4. The van der Waals surface area contributed by atoms with Gasteiger partial charge in [-0.05, 0) is 44.1 Å². The molecule has 1 aromatic rings. The molecule has 8 heteroatoms. The number of amides is 1. The molecule has 6 nitrogen and oxygen atoms in total. The van der Waals surface area contributed by atoms with Gasteiger partial charge in [-0.25, -0.2) is 4.79 Å². The van der Waals surface area contributed by atoms with Gasteiger partial charge in [0.2, 0.25) is 5.91 Å². The number of benzene rings is 1. The summed E-state index contributed by atoms with van der Waals surface area (Å²) in [7, 11) is 0. The molecule has 0 spiro atoms. The van der Waals surface area contributed by atoms with Crippen LogP contribution in [-0.2, 0) is 20.9 Å². The topological polar surface area (TPSA) is 75.9 Å². The molecular formula is C24H37Cl2N3O3. The predicted molar refractivity (Wildman–Crippen MR) is 132 cm³/mol. The van der Waals surface area contributed by atoms with Gasteiger partial charge in [-0.3, -0.25) is 9.69 Å². The fraction of sp³-hybridized carbons (Fsp3) is 0.583. The molecule has 2 N–H and O–H groups in total. The Morgan fingerprint density at radius 1 is 1.19 bits per heavy atom. The van der Waals surface area contributed by atoms with Crippen molar-refractivity contribution in [1.29, 1.82) is 0 Å². The second kappa shape index (κ2) is 13.8. The molecule has 2 aliphatic rings. The number of esters is 1. The number of hydrogen-bond acceptors (Lipinski definition) is 5. The van der Waals surface area contributed by atoms with Crippen LogP contribution in [0.2, 0.25) is 0 Å². The van der Waals surface area contributed by atoms with E-state index in [-0.39, 0.29) is 36.7 Å². The average molecular weight is 486 g/mol. The van der Waals surface area contributed by atoms with Crippen LogP contribution in [0, 0.1) is 5.92 Å². The third kappa shape index (κ3) is 7.77. The Morgan fingerprint density at radius 3 is 2.59 bits per heavy atom. The Morgan fingerprint density at radius 2 is 1.91 bits per heavy atom. The quantitative estimate of drug-likeness (QED) is 0.471.